The number of furan rings is 1. The summed E-state index contributed by atoms with van der Waals surface area (Å²) < 4.78 is 5.54. The second-order valence-electron chi connectivity index (χ2n) is 5.40. The number of H-pyrrole nitrogens is 1. The molecule has 0 unspecified atom stereocenters. The molecule has 7 heteroatoms. The van der Waals surface area contributed by atoms with Crippen molar-refractivity contribution in [2.75, 3.05) is 0 Å². The van der Waals surface area contributed by atoms with E-state index in [1.54, 1.807) is 0 Å². The van der Waals surface area contributed by atoms with E-state index in [2.05, 4.69) is 20.3 Å². The zero-order valence-corrected chi connectivity index (χ0v) is 14.1. The maximum atomic E-state index is 12.0. The Hall–Kier alpha value is -2.41. The zero-order chi connectivity index (χ0) is 16.4. The molecule has 2 N–H and O–H groups in total. The quantitative estimate of drug-likeness (QED) is 0.753. The fourth-order valence-corrected chi connectivity index (χ4v) is 2.94. The van der Waals surface area contributed by atoms with Crippen LogP contribution >= 0.6 is 11.3 Å². The number of aromatic amines is 1. The number of nitrogens with zero attached hydrogens (tertiary/aromatic N) is 2. The van der Waals surface area contributed by atoms with E-state index in [0.29, 0.717) is 6.54 Å². The van der Waals surface area contributed by atoms with E-state index in [9.17, 15) is 4.79 Å². The largest absolute Gasteiger partial charge is 0.459 e. The fourth-order valence-electron chi connectivity index (χ4n) is 2.16. The van der Waals surface area contributed by atoms with Crippen molar-refractivity contribution in [2.45, 2.75) is 33.7 Å². The standard InChI is InChI=1S/C16H18N4O2S/c1-9-4-5-13(22-9)16-20-12(8-23-16)6-15(21)17-7-14-18-10(2)11(3)19-14/h4-5,8H,6-7H2,1-3H3,(H,17,21)(H,18,19). The van der Waals surface area contributed by atoms with Crippen LogP contribution in [0.3, 0.4) is 0 Å². The lowest BCUT2D eigenvalue weighted by molar-refractivity contribution is -0.120. The molecule has 0 aliphatic heterocycles. The molecular formula is C16H18N4O2S. The number of carbonyl (C=O) groups excluding carboxylic acids is 1. The summed E-state index contributed by atoms with van der Waals surface area (Å²) >= 11 is 1.47. The van der Waals surface area contributed by atoms with E-state index in [4.69, 9.17) is 4.42 Å². The first-order chi connectivity index (χ1) is 11.0. The summed E-state index contributed by atoms with van der Waals surface area (Å²) in [4.78, 5) is 23.9. The van der Waals surface area contributed by atoms with E-state index in [-0.39, 0.29) is 12.3 Å². The minimum absolute atomic E-state index is 0.0795. The maximum Gasteiger partial charge on any atom is 0.226 e. The van der Waals surface area contributed by atoms with Crippen LogP contribution in [0.4, 0.5) is 0 Å². The van der Waals surface area contributed by atoms with Crippen molar-refractivity contribution in [2.24, 2.45) is 0 Å². The van der Waals surface area contributed by atoms with Crippen LogP contribution in [-0.4, -0.2) is 20.9 Å². The van der Waals surface area contributed by atoms with Crippen molar-refractivity contribution >= 4 is 17.2 Å². The Bertz CT molecular complexity index is 811. The monoisotopic (exact) mass is 330 g/mol. The predicted octanol–water partition coefficient (Wildman–Crippen LogP) is 2.91. The van der Waals surface area contributed by atoms with Gasteiger partial charge in [0.05, 0.1) is 24.4 Å². The summed E-state index contributed by atoms with van der Waals surface area (Å²) in [6.45, 7) is 6.18. The first-order valence-corrected chi connectivity index (χ1v) is 8.19. The molecule has 0 fully saturated rings. The highest BCUT2D eigenvalue weighted by atomic mass is 32.1. The molecular weight excluding hydrogens is 312 g/mol. The molecule has 23 heavy (non-hydrogen) atoms. The van der Waals surface area contributed by atoms with Gasteiger partial charge in [-0.1, -0.05) is 0 Å². The van der Waals surface area contributed by atoms with Gasteiger partial charge in [-0.2, -0.15) is 0 Å². The van der Waals surface area contributed by atoms with Crippen LogP contribution in [0.5, 0.6) is 0 Å². The number of aryl methyl sites for hydroxylation is 3. The Labute approximate surface area is 138 Å². The third kappa shape index (κ3) is 3.68. The Kier molecular flexibility index (Phi) is 4.29. The van der Waals surface area contributed by atoms with Crippen molar-refractivity contribution in [3.05, 3.63) is 46.2 Å². The van der Waals surface area contributed by atoms with Crippen LogP contribution in [0.1, 0.15) is 28.7 Å². The number of rotatable bonds is 5. The summed E-state index contributed by atoms with van der Waals surface area (Å²) in [7, 11) is 0. The minimum Gasteiger partial charge on any atom is -0.459 e. The van der Waals surface area contributed by atoms with Gasteiger partial charge < -0.3 is 14.7 Å². The van der Waals surface area contributed by atoms with Gasteiger partial charge in [0.1, 0.15) is 11.6 Å². The molecule has 0 spiro atoms. The van der Waals surface area contributed by atoms with Gasteiger partial charge in [0, 0.05) is 11.1 Å². The highest BCUT2D eigenvalue weighted by Crippen LogP contribution is 2.25. The van der Waals surface area contributed by atoms with Crippen LogP contribution < -0.4 is 5.32 Å². The molecule has 1 amide bonds. The van der Waals surface area contributed by atoms with E-state index >= 15 is 0 Å². The van der Waals surface area contributed by atoms with Gasteiger partial charge in [-0.15, -0.1) is 11.3 Å². The molecule has 6 nitrogen and oxygen atoms in total. The third-order valence-corrected chi connectivity index (χ3v) is 4.38. The molecule has 0 radical (unpaired) electrons. The van der Waals surface area contributed by atoms with Gasteiger partial charge >= 0.3 is 0 Å². The SMILES string of the molecule is Cc1ccc(-c2nc(CC(=O)NCc3nc(C)c(C)[nH]3)cs2)o1. The normalized spacial score (nSPS) is 10.9. The van der Waals surface area contributed by atoms with Gasteiger partial charge in [-0.3, -0.25) is 4.79 Å². The number of aromatic nitrogens is 3. The lowest BCUT2D eigenvalue weighted by Crippen LogP contribution is -2.25. The van der Waals surface area contributed by atoms with Crippen molar-refractivity contribution in [3.63, 3.8) is 0 Å². The summed E-state index contributed by atoms with van der Waals surface area (Å²) in [5.41, 5.74) is 2.71. The van der Waals surface area contributed by atoms with Crippen LogP contribution in [-0.2, 0) is 17.8 Å². The van der Waals surface area contributed by atoms with E-state index in [1.165, 1.54) is 11.3 Å². The summed E-state index contributed by atoms with van der Waals surface area (Å²) in [6.07, 6.45) is 0.245. The maximum absolute atomic E-state index is 12.0. The van der Waals surface area contributed by atoms with E-state index in [1.807, 2.05) is 38.3 Å². The van der Waals surface area contributed by atoms with E-state index < -0.39 is 0 Å². The van der Waals surface area contributed by atoms with Crippen molar-refractivity contribution < 1.29 is 9.21 Å². The fraction of sp³-hybridized carbons (Fsp3) is 0.312. The molecule has 0 aliphatic rings. The topological polar surface area (TPSA) is 83.8 Å². The molecule has 3 aromatic heterocycles. The van der Waals surface area contributed by atoms with Gasteiger partial charge in [0.15, 0.2) is 10.8 Å². The first-order valence-electron chi connectivity index (χ1n) is 7.31. The molecule has 0 saturated heterocycles. The van der Waals surface area contributed by atoms with Crippen LogP contribution in [0.2, 0.25) is 0 Å². The molecule has 3 heterocycles. The van der Waals surface area contributed by atoms with Crippen LogP contribution in [0.15, 0.2) is 21.9 Å². The predicted molar refractivity (Wildman–Crippen MR) is 88.2 cm³/mol. The average Bonchev–Trinajstić information content (AvgIpc) is 3.19. The molecule has 0 atom stereocenters. The molecule has 0 saturated carbocycles. The van der Waals surface area contributed by atoms with Crippen molar-refractivity contribution in [1.29, 1.82) is 0 Å². The number of hydrogen-bond donors (Lipinski definition) is 2. The molecule has 3 aromatic rings. The Morgan fingerprint density at radius 3 is 2.78 bits per heavy atom. The number of nitrogens with one attached hydrogen (secondary N) is 2. The molecule has 0 aromatic carbocycles. The average molecular weight is 330 g/mol. The molecule has 0 aliphatic carbocycles. The summed E-state index contributed by atoms with van der Waals surface area (Å²) in [5, 5.41) is 5.52. The first kappa shape index (κ1) is 15.5. The lowest BCUT2D eigenvalue weighted by Gasteiger charge is -2.01. The minimum atomic E-state index is -0.0795. The third-order valence-electron chi connectivity index (χ3n) is 3.47. The van der Waals surface area contributed by atoms with Gasteiger partial charge in [-0.05, 0) is 32.9 Å². The van der Waals surface area contributed by atoms with Crippen LogP contribution in [0.25, 0.3) is 10.8 Å². The Balaban J connectivity index is 1.57. The number of hydrogen-bond acceptors (Lipinski definition) is 5. The molecule has 120 valence electrons. The van der Waals surface area contributed by atoms with Gasteiger partial charge in [0.2, 0.25) is 5.91 Å². The number of carbonyl (C=O) groups is 1. The smallest absolute Gasteiger partial charge is 0.226 e. The highest BCUT2D eigenvalue weighted by Gasteiger charge is 2.12. The zero-order valence-electron chi connectivity index (χ0n) is 13.3. The van der Waals surface area contributed by atoms with Gasteiger partial charge in [0.25, 0.3) is 0 Å². The Morgan fingerprint density at radius 1 is 1.30 bits per heavy atom. The van der Waals surface area contributed by atoms with Crippen molar-refractivity contribution in [1.82, 2.24) is 20.3 Å². The summed E-state index contributed by atoms with van der Waals surface area (Å²) in [5.74, 6) is 2.27. The lowest BCUT2D eigenvalue weighted by atomic mass is 10.3. The number of thiazole rings is 1. The molecule has 0 bridgehead atoms. The van der Waals surface area contributed by atoms with Gasteiger partial charge in [-0.25, -0.2) is 9.97 Å². The van der Waals surface area contributed by atoms with Crippen molar-refractivity contribution in [3.8, 4) is 10.8 Å². The summed E-state index contributed by atoms with van der Waals surface area (Å²) in [6, 6.07) is 3.79. The Morgan fingerprint density at radius 2 is 2.13 bits per heavy atom. The van der Waals surface area contributed by atoms with Crippen LogP contribution in [0, 0.1) is 20.8 Å². The second kappa shape index (κ2) is 6.37. The second-order valence-corrected chi connectivity index (χ2v) is 6.26. The highest BCUT2D eigenvalue weighted by molar-refractivity contribution is 7.13. The number of imidazole rings is 1. The molecule has 3 rings (SSSR count). The number of amides is 1. The van der Waals surface area contributed by atoms with E-state index in [0.717, 1.165) is 39.4 Å².